The van der Waals surface area contributed by atoms with Crippen molar-refractivity contribution in [3.05, 3.63) is 84.2 Å². The Bertz CT molecular complexity index is 607. The van der Waals surface area contributed by atoms with Crippen LogP contribution in [0.1, 0.15) is 13.8 Å². The molecule has 0 spiro atoms. The average molecular weight is 298 g/mol. The topological polar surface area (TPSA) is 0 Å². The lowest BCUT2D eigenvalue weighted by Crippen LogP contribution is -2.13. The van der Waals surface area contributed by atoms with Gasteiger partial charge in [-0.05, 0) is 30.3 Å². The first kappa shape index (κ1) is 15.0. The molecule has 0 radical (unpaired) electrons. The van der Waals surface area contributed by atoms with Gasteiger partial charge in [-0.1, -0.05) is 90.2 Å². The Morgan fingerprint density at radius 2 is 1.30 bits per heavy atom. The molecule has 2 aromatic carbocycles. The van der Waals surface area contributed by atoms with Crippen molar-refractivity contribution in [3.8, 4) is 0 Å². The second-order valence-corrected chi connectivity index (χ2v) is 9.29. The number of hydrogen-bond donors (Lipinski definition) is 0. The minimum absolute atomic E-state index is 1.24. The Hall–Kier alpha value is -1.43. The van der Waals surface area contributed by atoms with E-state index in [4.69, 9.17) is 11.8 Å². The molecule has 0 aliphatic heterocycles. The molecule has 0 atom stereocenters. The molecule has 0 N–H and O–H groups in total. The lowest BCUT2D eigenvalue weighted by Gasteiger charge is -2.19. The smallest absolute Gasteiger partial charge is 0.0310 e. The van der Waals surface area contributed by atoms with Crippen molar-refractivity contribution >= 4 is 28.5 Å². The highest BCUT2D eigenvalue weighted by Crippen LogP contribution is 2.45. The Morgan fingerprint density at radius 3 is 1.70 bits per heavy atom. The van der Waals surface area contributed by atoms with Gasteiger partial charge in [-0.25, -0.2) is 0 Å². The highest BCUT2D eigenvalue weighted by Gasteiger charge is 2.18. The molecule has 102 valence electrons. The van der Waals surface area contributed by atoms with E-state index < -0.39 is 6.04 Å². The van der Waals surface area contributed by atoms with Crippen LogP contribution in [0.3, 0.4) is 0 Å². The number of allylic oxidation sites excluding steroid dienone is 3. The van der Waals surface area contributed by atoms with Crippen LogP contribution in [-0.2, 0) is 11.8 Å². The van der Waals surface area contributed by atoms with E-state index in [9.17, 15) is 0 Å². The normalized spacial score (nSPS) is 11.5. The maximum atomic E-state index is 6.08. The van der Waals surface area contributed by atoms with Crippen LogP contribution in [0.4, 0.5) is 0 Å². The van der Waals surface area contributed by atoms with Gasteiger partial charge in [0.25, 0.3) is 0 Å². The Balaban J connectivity index is 2.53. The standard InChI is InChI=1S/C18H19PS/c1-16(2)10-9-15-19(20,17-11-5-3-6-12-17)18-13-7-4-8-14-18/h3-15H,1-2H3/b15-9+. The van der Waals surface area contributed by atoms with Crippen LogP contribution in [-0.4, -0.2) is 0 Å². The Kier molecular flexibility index (Phi) is 5.11. The number of rotatable bonds is 4. The van der Waals surface area contributed by atoms with E-state index in [-0.39, 0.29) is 0 Å². The second-order valence-electron chi connectivity index (χ2n) is 4.91. The van der Waals surface area contributed by atoms with E-state index in [0.717, 1.165) is 0 Å². The van der Waals surface area contributed by atoms with Crippen molar-refractivity contribution in [2.24, 2.45) is 0 Å². The Labute approximate surface area is 126 Å². The summed E-state index contributed by atoms with van der Waals surface area (Å²) in [6, 6.07) is 19.0. The van der Waals surface area contributed by atoms with Gasteiger partial charge < -0.3 is 0 Å². The van der Waals surface area contributed by atoms with Gasteiger partial charge in [0.05, 0.1) is 0 Å². The van der Waals surface area contributed by atoms with Crippen LogP contribution >= 0.6 is 6.04 Å². The van der Waals surface area contributed by atoms with Gasteiger partial charge in [-0.3, -0.25) is 0 Å². The minimum Gasteiger partial charge on any atom is -0.0832 e. The predicted molar refractivity (Wildman–Crippen MR) is 95.0 cm³/mol. The lowest BCUT2D eigenvalue weighted by molar-refractivity contribution is 1.39. The van der Waals surface area contributed by atoms with E-state index in [1.54, 1.807) is 0 Å². The van der Waals surface area contributed by atoms with Gasteiger partial charge in [0.15, 0.2) is 0 Å². The molecule has 0 aliphatic rings. The molecule has 0 bridgehead atoms. The molecule has 0 fully saturated rings. The molecule has 0 saturated carbocycles. The molecule has 20 heavy (non-hydrogen) atoms. The zero-order valence-corrected chi connectivity index (χ0v) is 13.6. The average Bonchev–Trinajstić information content (AvgIpc) is 2.48. The fourth-order valence-electron chi connectivity index (χ4n) is 1.98. The van der Waals surface area contributed by atoms with Crippen molar-refractivity contribution < 1.29 is 0 Å². The van der Waals surface area contributed by atoms with Gasteiger partial charge in [0, 0.05) is 6.04 Å². The van der Waals surface area contributed by atoms with Crippen molar-refractivity contribution in [1.29, 1.82) is 0 Å². The first-order chi connectivity index (χ1) is 9.63. The van der Waals surface area contributed by atoms with E-state index >= 15 is 0 Å². The maximum absolute atomic E-state index is 6.08. The molecule has 0 aromatic heterocycles. The molecule has 0 saturated heterocycles. The zero-order valence-electron chi connectivity index (χ0n) is 11.9. The fourth-order valence-corrected chi connectivity index (χ4v) is 5.12. The molecular weight excluding hydrogens is 279 g/mol. The van der Waals surface area contributed by atoms with Gasteiger partial charge in [0.1, 0.15) is 0 Å². The summed E-state index contributed by atoms with van der Waals surface area (Å²) in [4.78, 5) is 0. The fraction of sp³-hybridized carbons (Fsp3) is 0.111. The summed E-state index contributed by atoms with van der Waals surface area (Å²) in [5, 5.41) is 2.47. The van der Waals surface area contributed by atoms with Gasteiger partial charge in [-0.2, -0.15) is 0 Å². The first-order valence-electron chi connectivity index (χ1n) is 6.66. The summed E-state index contributed by atoms with van der Waals surface area (Å²) >= 11 is 6.08. The largest absolute Gasteiger partial charge is 0.0832 e. The van der Waals surface area contributed by atoms with Crippen LogP contribution in [0.2, 0.25) is 0 Å². The Morgan fingerprint density at radius 1 is 0.850 bits per heavy atom. The van der Waals surface area contributed by atoms with E-state index in [1.807, 2.05) is 12.1 Å². The molecular formula is C18H19PS. The molecule has 2 rings (SSSR count). The molecule has 0 aliphatic carbocycles. The van der Waals surface area contributed by atoms with Crippen molar-refractivity contribution in [1.82, 2.24) is 0 Å². The first-order valence-corrected chi connectivity index (χ1v) is 9.54. The predicted octanol–water partition coefficient (Wildman–Crippen LogP) is 4.60. The third kappa shape index (κ3) is 3.56. The highest BCUT2D eigenvalue weighted by atomic mass is 32.4. The summed E-state index contributed by atoms with van der Waals surface area (Å²) in [6.45, 7) is 4.19. The number of hydrogen-bond acceptors (Lipinski definition) is 1. The summed E-state index contributed by atoms with van der Waals surface area (Å²) < 4.78 is 0. The third-order valence-electron chi connectivity index (χ3n) is 3.01. The molecule has 0 unspecified atom stereocenters. The zero-order chi connectivity index (χ0) is 14.4. The second kappa shape index (κ2) is 6.83. The van der Waals surface area contributed by atoms with Crippen LogP contribution in [0.15, 0.2) is 84.2 Å². The molecule has 2 heteroatoms. The summed E-state index contributed by atoms with van der Waals surface area (Å²) in [7, 11) is 0. The summed E-state index contributed by atoms with van der Waals surface area (Å²) in [6.07, 6.45) is 4.23. The van der Waals surface area contributed by atoms with Crippen molar-refractivity contribution in [3.63, 3.8) is 0 Å². The molecule has 0 heterocycles. The van der Waals surface area contributed by atoms with E-state index in [2.05, 4.69) is 80.3 Å². The summed E-state index contributed by atoms with van der Waals surface area (Å²) in [5.74, 6) is 2.21. The molecule has 2 aromatic rings. The molecule has 0 nitrogen and oxygen atoms in total. The highest BCUT2D eigenvalue weighted by molar-refractivity contribution is 8.23. The van der Waals surface area contributed by atoms with E-state index in [0.29, 0.717) is 0 Å². The van der Waals surface area contributed by atoms with E-state index in [1.165, 1.54) is 16.2 Å². The van der Waals surface area contributed by atoms with Gasteiger partial charge in [0.2, 0.25) is 0 Å². The minimum atomic E-state index is -1.87. The van der Waals surface area contributed by atoms with Crippen molar-refractivity contribution in [2.75, 3.05) is 0 Å². The molecule has 0 amide bonds. The van der Waals surface area contributed by atoms with Crippen LogP contribution in [0.25, 0.3) is 0 Å². The monoisotopic (exact) mass is 298 g/mol. The summed E-state index contributed by atoms with van der Waals surface area (Å²) in [5.41, 5.74) is 1.28. The number of benzene rings is 2. The quantitative estimate of drug-likeness (QED) is 0.587. The van der Waals surface area contributed by atoms with Crippen LogP contribution in [0, 0.1) is 0 Å². The SMILES string of the molecule is CC(C)=C/C=C/P(=S)(c1ccccc1)c1ccccc1. The third-order valence-corrected chi connectivity index (χ3v) is 7.36. The van der Waals surface area contributed by atoms with Gasteiger partial charge >= 0.3 is 0 Å². The van der Waals surface area contributed by atoms with Crippen molar-refractivity contribution in [2.45, 2.75) is 13.8 Å². The lowest BCUT2D eigenvalue weighted by atomic mass is 10.3. The van der Waals surface area contributed by atoms with Crippen LogP contribution in [0.5, 0.6) is 0 Å². The maximum Gasteiger partial charge on any atom is 0.0310 e. The van der Waals surface area contributed by atoms with Gasteiger partial charge in [-0.15, -0.1) is 0 Å². The van der Waals surface area contributed by atoms with Crippen LogP contribution < -0.4 is 10.6 Å².